The molecule has 0 saturated carbocycles. The minimum Gasteiger partial charge on any atom is -0.324 e. The molecule has 19 heavy (non-hydrogen) atoms. The van der Waals surface area contributed by atoms with Gasteiger partial charge in [-0.15, -0.1) is 0 Å². The van der Waals surface area contributed by atoms with Gasteiger partial charge in [0.25, 0.3) is 0 Å². The van der Waals surface area contributed by atoms with E-state index in [9.17, 15) is 17.6 Å². The lowest BCUT2D eigenvalue weighted by molar-refractivity contribution is 0.567. The second kappa shape index (κ2) is 5.40. The fourth-order valence-corrected chi connectivity index (χ4v) is 1.89. The summed E-state index contributed by atoms with van der Waals surface area (Å²) in [4.78, 5) is 0. The zero-order valence-electron chi connectivity index (χ0n) is 9.84. The van der Waals surface area contributed by atoms with Gasteiger partial charge < -0.3 is 5.73 Å². The van der Waals surface area contributed by atoms with Gasteiger partial charge in [0.05, 0.1) is 0 Å². The van der Waals surface area contributed by atoms with Gasteiger partial charge in [0.1, 0.15) is 23.3 Å². The van der Waals surface area contributed by atoms with Crippen LogP contribution in [0.2, 0.25) is 0 Å². The molecule has 0 spiro atoms. The van der Waals surface area contributed by atoms with Crippen LogP contribution >= 0.6 is 0 Å². The van der Waals surface area contributed by atoms with Crippen LogP contribution in [0, 0.1) is 23.3 Å². The third-order valence-electron chi connectivity index (χ3n) is 2.69. The Balaban J connectivity index is 2.22. The van der Waals surface area contributed by atoms with E-state index in [-0.39, 0.29) is 12.0 Å². The predicted molar refractivity (Wildman–Crippen MR) is 63.3 cm³/mol. The van der Waals surface area contributed by atoms with Crippen molar-refractivity contribution in [1.82, 2.24) is 0 Å². The maximum atomic E-state index is 13.0. The van der Waals surface area contributed by atoms with E-state index in [0.29, 0.717) is 5.56 Å². The number of benzene rings is 2. The zero-order valence-corrected chi connectivity index (χ0v) is 9.84. The Morgan fingerprint density at radius 3 is 1.63 bits per heavy atom. The van der Waals surface area contributed by atoms with Crippen molar-refractivity contribution >= 4 is 0 Å². The highest BCUT2D eigenvalue weighted by molar-refractivity contribution is 5.25. The molecule has 0 fully saturated rings. The molecular weight excluding hydrogens is 258 g/mol. The van der Waals surface area contributed by atoms with E-state index < -0.39 is 29.3 Å². The summed E-state index contributed by atoms with van der Waals surface area (Å²) in [5.41, 5.74) is 6.35. The average Bonchev–Trinajstić information content (AvgIpc) is 2.25. The molecular formula is C14H11F4N. The van der Waals surface area contributed by atoms with Crippen LogP contribution in [0.3, 0.4) is 0 Å². The Morgan fingerprint density at radius 1 is 0.737 bits per heavy atom. The van der Waals surface area contributed by atoms with Gasteiger partial charge in [-0.05, 0) is 41.8 Å². The number of hydrogen-bond acceptors (Lipinski definition) is 1. The van der Waals surface area contributed by atoms with Gasteiger partial charge in [0, 0.05) is 18.2 Å². The topological polar surface area (TPSA) is 26.0 Å². The lowest BCUT2D eigenvalue weighted by Crippen LogP contribution is -2.14. The van der Waals surface area contributed by atoms with Crippen LogP contribution in [-0.2, 0) is 6.42 Å². The Kier molecular flexibility index (Phi) is 3.85. The predicted octanol–water partition coefficient (Wildman–Crippen LogP) is 3.49. The van der Waals surface area contributed by atoms with Crippen LogP contribution in [0.25, 0.3) is 0 Å². The molecule has 0 unspecified atom stereocenters. The summed E-state index contributed by atoms with van der Waals surface area (Å²) in [7, 11) is 0. The van der Waals surface area contributed by atoms with Crippen LogP contribution < -0.4 is 5.73 Å². The van der Waals surface area contributed by atoms with Gasteiger partial charge in [-0.2, -0.15) is 0 Å². The number of halogens is 4. The molecule has 5 heteroatoms. The van der Waals surface area contributed by atoms with Gasteiger partial charge in [-0.1, -0.05) is 0 Å². The fourth-order valence-electron chi connectivity index (χ4n) is 1.89. The van der Waals surface area contributed by atoms with Crippen LogP contribution in [-0.4, -0.2) is 0 Å². The second-order valence-corrected chi connectivity index (χ2v) is 4.29. The van der Waals surface area contributed by atoms with Crippen molar-refractivity contribution in [2.45, 2.75) is 12.5 Å². The number of nitrogens with two attached hydrogens (primary N) is 1. The lowest BCUT2D eigenvalue weighted by Gasteiger charge is -2.12. The molecule has 0 heterocycles. The largest absolute Gasteiger partial charge is 0.324 e. The molecule has 100 valence electrons. The molecule has 1 nitrogen and oxygen atoms in total. The van der Waals surface area contributed by atoms with Crippen molar-refractivity contribution in [3.63, 3.8) is 0 Å². The van der Waals surface area contributed by atoms with Crippen LogP contribution in [0.5, 0.6) is 0 Å². The van der Waals surface area contributed by atoms with E-state index in [1.165, 1.54) is 0 Å². The summed E-state index contributed by atoms with van der Waals surface area (Å²) < 4.78 is 52.1. The van der Waals surface area contributed by atoms with Crippen molar-refractivity contribution in [1.29, 1.82) is 0 Å². The second-order valence-electron chi connectivity index (χ2n) is 4.29. The Labute approximate surface area is 107 Å². The van der Waals surface area contributed by atoms with E-state index in [0.717, 1.165) is 36.4 Å². The van der Waals surface area contributed by atoms with E-state index in [1.807, 2.05) is 0 Å². The Bertz CT molecular complexity index is 557. The van der Waals surface area contributed by atoms with Gasteiger partial charge in [0.2, 0.25) is 0 Å². The molecule has 2 aromatic rings. The van der Waals surface area contributed by atoms with Crippen molar-refractivity contribution in [2.24, 2.45) is 5.73 Å². The molecule has 0 aliphatic carbocycles. The normalized spacial score (nSPS) is 12.5. The summed E-state index contributed by atoms with van der Waals surface area (Å²) in [5.74, 6) is -2.91. The molecule has 1 atom stereocenters. The summed E-state index contributed by atoms with van der Waals surface area (Å²) >= 11 is 0. The molecule has 2 N–H and O–H groups in total. The minimum absolute atomic E-state index is 0.0809. The molecule has 0 saturated heterocycles. The standard InChI is InChI=1S/C14H11F4N/c15-10-1-8(2-11(16)6-10)3-14(19)9-4-12(17)7-13(18)5-9/h1-2,4-7,14H,3,19H2/t14-/m0/s1. The van der Waals surface area contributed by atoms with Crippen LogP contribution in [0.15, 0.2) is 36.4 Å². The van der Waals surface area contributed by atoms with E-state index in [1.54, 1.807) is 0 Å². The Morgan fingerprint density at radius 2 is 1.16 bits per heavy atom. The molecule has 2 aromatic carbocycles. The fraction of sp³-hybridized carbons (Fsp3) is 0.143. The summed E-state index contributed by atoms with van der Waals surface area (Å²) in [6, 6.07) is 5.21. The first-order valence-corrected chi connectivity index (χ1v) is 5.60. The lowest BCUT2D eigenvalue weighted by atomic mass is 9.99. The van der Waals surface area contributed by atoms with Crippen LogP contribution in [0.1, 0.15) is 17.2 Å². The van der Waals surface area contributed by atoms with Crippen molar-refractivity contribution in [3.05, 3.63) is 70.8 Å². The Hall–Kier alpha value is -1.88. The van der Waals surface area contributed by atoms with Crippen LogP contribution in [0.4, 0.5) is 17.6 Å². The third kappa shape index (κ3) is 3.54. The number of rotatable bonds is 3. The van der Waals surface area contributed by atoms with Crippen molar-refractivity contribution < 1.29 is 17.6 Å². The molecule has 0 amide bonds. The van der Waals surface area contributed by atoms with Gasteiger partial charge in [0.15, 0.2) is 0 Å². The minimum atomic E-state index is -0.744. The SMILES string of the molecule is N[C@@H](Cc1cc(F)cc(F)c1)c1cc(F)cc(F)c1. The summed E-state index contributed by atoms with van der Waals surface area (Å²) in [5, 5.41) is 0. The zero-order chi connectivity index (χ0) is 14.0. The third-order valence-corrected chi connectivity index (χ3v) is 2.69. The molecule has 2 rings (SSSR count). The van der Waals surface area contributed by atoms with Gasteiger partial charge in [-0.25, -0.2) is 17.6 Å². The maximum Gasteiger partial charge on any atom is 0.126 e. The quantitative estimate of drug-likeness (QED) is 0.848. The first-order chi connectivity index (χ1) is 8.94. The highest BCUT2D eigenvalue weighted by Gasteiger charge is 2.11. The molecule has 0 bridgehead atoms. The molecule has 0 aliphatic rings. The molecule has 0 aliphatic heterocycles. The monoisotopic (exact) mass is 269 g/mol. The van der Waals surface area contributed by atoms with E-state index in [4.69, 9.17) is 5.73 Å². The first-order valence-electron chi connectivity index (χ1n) is 5.60. The van der Waals surface area contributed by atoms with Gasteiger partial charge in [-0.3, -0.25) is 0 Å². The summed E-state index contributed by atoms with van der Waals surface area (Å²) in [6.45, 7) is 0. The molecule has 0 radical (unpaired) electrons. The summed E-state index contributed by atoms with van der Waals surface area (Å²) in [6.07, 6.45) is 0.0809. The van der Waals surface area contributed by atoms with E-state index >= 15 is 0 Å². The number of hydrogen-bond donors (Lipinski definition) is 1. The highest BCUT2D eigenvalue weighted by Crippen LogP contribution is 2.19. The molecule has 0 aromatic heterocycles. The highest BCUT2D eigenvalue weighted by atomic mass is 19.1. The van der Waals surface area contributed by atoms with E-state index in [2.05, 4.69) is 0 Å². The van der Waals surface area contributed by atoms with Crippen molar-refractivity contribution in [2.75, 3.05) is 0 Å². The smallest absolute Gasteiger partial charge is 0.126 e. The van der Waals surface area contributed by atoms with Crippen molar-refractivity contribution in [3.8, 4) is 0 Å². The maximum absolute atomic E-state index is 13.0. The first kappa shape index (κ1) is 13.5. The average molecular weight is 269 g/mol. The van der Waals surface area contributed by atoms with Gasteiger partial charge >= 0.3 is 0 Å².